The van der Waals surface area contributed by atoms with Crippen molar-refractivity contribution in [1.29, 1.82) is 0 Å². The number of nitrogens with zero attached hydrogens (tertiary/aromatic N) is 3. The maximum atomic E-state index is 5.81. The van der Waals surface area contributed by atoms with E-state index >= 15 is 0 Å². The summed E-state index contributed by atoms with van der Waals surface area (Å²) in [5.74, 6) is 0. The number of rotatable bonds is 3. The van der Waals surface area contributed by atoms with Crippen LogP contribution in [0.1, 0.15) is 0 Å². The Kier molecular flexibility index (Phi) is 3.30. The van der Waals surface area contributed by atoms with Gasteiger partial charge in [-0.15, -0.1) is 0 Å². The SMILES string of the molecule is Nc1ccc(Sc2ccc(-n3cncn3)cc2)cc1N. The van der Waals surface area contributed by atoms with Crippen LogP contribution in [0.2, 0.25) is 0 Å². The van der Waals surface area contributed by atoms with Crippen LogP contribution in [0.4, 0.5) is 11.4 Å². The van der Waals surface area contributed by atoms with Gasteiger partial charge < -0.3 is 11.5 Å². The molecule has 0 aliphatic carbocycles. The lowest BCUT2D eigenvalue weighted by atomic mass is 10.3. The summed E-state index contributed by atoms with van der Waals surface area (Å²) in [5, 5.41) is 4.09. The first-order chi connectivity index (χ1) is 9.72. The lowest BCUT2D eigenvalue weighted by Gasteiger charge is -2.06. The second-order valence-electron chi connectivity index (χ2n) is 4.23. The van der Waals surface area contributed by atoms with Crippen LogP contribution < -0.4 is 11.5 Å². The summed E-state index contributed by atoms with van der Waals surface area (Å²) in [7, 11) is 0. The van der Waals surface area contributed by atoms with E-state index in [0.717, 1.165) is 15.5 Å². The Morgan fingerprint density at radius 2 is 1.65 bits per heavy atom. The van der Waals surface area contributed by atoms with E-state index in [2.05, 4.69) is 10.1 Å². The predicted molar refractivity (Wildman–Crippen MR) is 80.7 cm³/mol. The summed E-state index contributed by atoms with van der Waals surface area (Å²) < 4.78 is 1.72. The van der Waals surface area contributed by atoms with E-state index in [1.54, 1.807) is 22.8 Å². The summed E-state index contributed by atoms with van der Waals surface area (Å²) in [6.07, 6.45) is 3.18. The normalized spacial score (nSPS) is 10.6. The minimum atomic E-state index is 0.606. The summed E-state index contributed by atoms with van der Waals surface area (Å²) in [6.45, 7) is 0. The molecule has 0 aliphatic rings. The fraction of sp³-hybridized carbons (Fsp3) is 0. The van der Waals surface area contributed by atoms with Crippen LogP contribution in [0, 0.1) is 0 Å². The molecule has 4 N–H and O–H groups in total. The maximum Gasteiger partial charge on any atom is 0.138 e. The van der Waals surface area contributed by atoms with Crippen LogP contribution >= 0.6 is 11.8 Å². The molecule has 100 valence electrons. The summed E-state index contributed by atoms with van der Waals surface area (Å²) in [6, 6.07) is 13.7. The Morgan fingerprint density at radius 3 is 2.30 bits per heavy atom. The largest absolute Gasteiger partial charge is 0.397 e. The fourth-order valence-corrected chi connectivity index (χ4v) is 2.63. The Morgan fingerprint density at radius 1 is 0.900 bits per heavy atom. The van der Waals surface area contributed by atoms with Crippen LogP contribution in [0.25, 0.3) is 5.69 Å². The summed E-state index contributed by atoms with van der Waals surface area (Å²) >= 11 is 1.64. The molecule has 20 heavy (non-hydrogen) atoms. The molecule has 0 saturated heterocycles. The van der Waals surface area contributed by atoms with E-state index in [-0.39, 0.29) is 0 Å². The molecular weight excluding hydrogens is 270 g/mol. The lowest BCUT2D eigenvalue weighted by molar-refractivity contribution is 0.877. The van der Waals surface area contributed by atoms with Crippen molar-refractivity contribution in [2.45, 2.75) is 9.79 Å². The van der Waals surface area contributed by atoms with Gasteiger partial charge in [0.25, 0.3) is 0 Å². The number of nitrogen functional groups attached to an aromatic ring is 2. The second-order valence-corrected chi connectivity index (χ2v) is 5.37. The highest BCUT2D eigenvalue weighted by atomic mass is 32.2. The molecule has 0 spiro atoms. The zero-order valence-electron chi connectivity index (χ0n) is 10.6. The second kappa shape index (κ2) is 5.26. The third-order valence-corrected chi connectivity index (χ3v) is 3.81. The van der Waals surface area contributed by atoms with Crippen molar-refractivity contribution in [1.82, 2.24) is 14.8 Å². The van der Waals surface area contributed by atoms with Gasteiger partial charge in [-0.05, 0) is 42.5 Å². The molecule has 0 fully saturated rings. The highest BCUT2D eigenvalue weighted by molar-refractivity contribution is 7.99. The topological polar surface area (TPSA) is 82.8 Å². The van der Waals surface area contributed by atoms with E-state index in [1.807, 2.05) is 42.5 Å². The Labute approximate surface area is 120 Å². The van der Waals surface area contributed by atoms with Gasteiger partial charge in [0, 0.05) is 9.79 Å². The van der Waals surface area contributed by atoms with Gasteiger partial charge in [0.05, 0.1) is 17.1 Å². The van der Waals surface area contributed by atoms with E-state index in [4.69, 9.17) is 11.5 Å². The minimum absolute atomic E-state index is 0.606. The van der Waals surface area contributed by atoms with E-state index in [0.29, 0.717) is 11.4 Å². The van der Waals surface area contributed by atoms with Crippen molar-refractivity contribution in [2.24, 2.45) is 0 Å². The molecule has 1 aromatic heterocycles. The molecule has 3 aromatic rings. The van der Waals surface area contributed by atoms with Crippen LogP contribution in [0.3, 0.4) is 0 Å². The Balaban J connectivity index is 1.79. The van der Waals surface area contributed by atoms with Crippen molar-refractivity contribution >= 4 is 23.1 Å². The summed E-state index contributed by atoms with van der Waals surface area (Å²) in [5.41, 5.74) is 13.7. The summed E-state index contributed by atoms with van der Waals surface area (Å²) in [4.78, 5) is 6.11. The highest BCUT2D eigenvalue weighted by Crippen LogP contribution is 2.31. The third-order valence-electron chi connectivity index (χ3n) is 2.81. The van der Waals surface area contributed by atoms with Crippen LogP contribution in [-0.2, 0) is 0 Å². The molecule has 1 heterocycles. The standard InChI is InChI=1S/C14H13N5S/c15-13-6-5-12(7-14(13)16)20-11-3-1-10(2-4-11)19-9-17-8-18-19/h1-9H,15-16H2. The lowest BCUT2D eigenvalue weighted by Crippen LogP contribution is -1.94. The smallest absolute Gasteiger partial charge is 0.138 e. The van der Waals surface area contributed by atoms with Crippen molar-refractivity contribution in [3.8, 4) is 5.69 Å². The predicted octanol–water partition coefficient (Wildman–Crippen LogP) is 2.58. The number of hydrogen-bond acceptors (Lipinski definition) is 5. The molecule has 3 rings (SSSR count). The van der Waals surface area contributed by atoms with Crippen molar-refractivity contribution in [3.63, 3.8) is 0 Å². The Hall–Kier alpha value is -2.47. The van der Waals surface area contributed by atoms with E-state index in [1.165, 1.54) is 6.33 Å². The van der Waals surface area contributed by atoms with Gasteiger partial charge in [0.1, 0.15) is 12.7 Å². The minimum Gasteiger partial charge on any atom is -0.397 e. The Bertz CT molecular complexity index is 707. The number of nitrogens with two attached hydrogens (primary N) is 2. The van der Waals surface area contributed by atoms with Gasteiger partial charge in [-0.25, -0.2) is 9.67 Å². The molecule has 6 heteroatoms. The number of aromatic nitrogens is 3. The quantitative estimate of drug-likeness (QED) is 0.722. The molecule has 2 aromatic carbocycles. The van der Waals surface area contributed by atoms with Gasteiger partial charge in [-0.2, -0.15) is 5.10 Å². The van der Waals surface area contributed by atoms with Crippen molar-refractivity contribution < 1.29 is 0 Å². The zero-order chi connectivity index (χ0) is 13.9. The van der Waals surface area contributed by atoms with E-state index < -0.39 is 0 Å². The number of hydrogen-bond donors (Lipinski definition) is 2. The van der Waals surface area contributed by atoms with Gasteiger partial charge in [-0.1, -0.05) is 11.8 Å². The molecule has 0 amide bonds. The average Bonchev–Trinajstić information content (AvgIpc) is 2.98. The number of benzene rings is 2. The zero-order valence-corrected chi connectivity index (χ0v) is 11.4. The maximum absolute atomic E-state index is 5.81. The molecule has 0 radical (unpaired) electrons. The van der Waals surface area contributed by atoms with Gasteiger partial charge in [0.2, 0.25) is 0 Å². The first kappa shape index (κ1) is 12.6. The molecule has 0 saturated carbocycles. The fourth-order valence-electron chi connectivity index (χ4n) is 1.76. The van der Waals surface area contributed by atoms with Crippen LogP contribution in [0.15, 0.2) is 64.9 Å². The first-order valence-corrected chi connectivity index (χ1v) is 6.82. The monoisotopic (exact) mass is 283 g/mol. The molecule has 0 bridgehead atoms. The molecular formula is C14H13N5S. The van der Waals surface area contributed by atoms with Crippen molar-refractivity contribution in [2.75, 3.05) is 11.5 Å². The van der Waals surface area contributed by atoms with E-state index in [9.17, 15) is 0 Å². The molecule has 0 unspecified atom stereocenters. The number of anilines is 2. The average molecular weight is 283 g/mol. The van der Waals surface area contributed by atoms with Crippen molar-refractivity contribution in [3.05, 3.63) is 55.1 Å². The highest BCUT2D eigenvalue weighted by Gasteiger charge is 2.02. The van der Waals surface area contributed by atoms with Crippen LogP contribution in [-0.4, -0.2) is 14.8 Å². The molecule has 0 aliphatic heterocycles. The van der Waals surface area contributed by atoms with Gasteiger partial charge >= 0.3 is 0 Å². The van der Waals surface area contributed by atoms with Gasteiger partial charge in [0.15, 0.2) is 0 Å². The molecule has 0 atom stereocenters. The first-order valence-electron chi connectivity index (χ1n) is 6.00. The third kappa shape index (κ3) is 2.60. The van der Waals surface area contributed by atoms with Crippen LogP contribution in [0.5, 0.6) is 0 Å². The molecule has 5 nitrogen and oxygen atoms in total. The van der Waals surface area contributed by atoms with Gasteiger partial charge in [-0.3, -0.25) is 0 Å².